The lowest BCUT2D eigenvalue weighted by Gasteiger charge is -2.15. The van der Waals surface area contributed by atoms with Gasteiger partial charge >= 0.3 is 0 Å². The molecule has 0 saturated heterocycles. The Kier molecular flexibility index (Phi) is 5.66. The van der Waals surface area contributed by atoms with E-state index in [4.69, 9.17) is 15.0 Å². The van der Waals surface area contributed by atoms with Gasteiger partial charge in [0.15, 0.2) is 11.6 Å². The maximum absolute atomic E-state index is 4.80. The number of aromatic nitrogens is 3. The van der Waals surface area contributed by atoms with Crippen LogP contribution in [0.1, 0.15) is 18.2 Å². The van der Waals surface area contributed by atoms with Gasteiger partial charge in [-0.05, 0) is 30.7 Å². The van der Waals surface area contributed by atoms with E-state index in [0.29, 0.717) is 11.6 Å². The average molecular weight is 548 g/mol. The van der Waals surface area contributed by atoms with Crippen LogP contribution in [-0.4, -0.2) is 15.0 Å². The van der Waals surface area contributed by atoms with Crippen LogP contribution in [0.5, 0.6) is 0 Å². The summed E-state index contributed by atoms with van der Waals surface area (Å²) in [7, 11) is 0. The van der Waals surface area contributed by atoms with Crippen molar-refractivity contribution in [3.8, 4) is 22.8 Å². The van der Waals surface area contributed by atoms with Gasteiger partial charge in [-0.15, -0.1) is 0 Å². The molecule has 0 bridgehead atoms. The molecule has 4 rings (SSSR count). The van der Waals surface area contributed by atoms with Crippen LogP contribution in [-0.2, 0) is 0 Å². The Bertz CT molecular complexity index is 996. The van der Waals surface area contributed by atoms with E-state index in [1.54, 1.807) is 0 Å². The second kappa shape index (κ2) is 8.17. The summed E-state index contributed by atoms with van der Waals surface area (Å²) < 4.78 is 3.04. The van der Waals surface area contributed by atoms with Crippen molar-refractivity contribution in [1.29, 1.82) is 0 Å². The standard InChI is InChI=1S/C21H14Br3N3/c22-16-7-1-4-13(10-16)19-25-20(14-5-2-8-17(23)11-14)27-21(26-19)15-6-3-9-18(24)12-15/h1-5,7-12,15H,6H2. The van der Waals surface area contributed by atoms with Crippen LogP contribution in [0.2, 0.25) is 0 Å². The second-order valence-corrected chi connectivity index (χ2v) is 8.90. The van der Waals surface area contributed by atoms with Gasteiger partial charge in [0, 0.05) is 30.5 Å². The second-order valence-electron chi connectivity index (χ2n) is 6.16. The van der Waals surface area contributed by atoms with E-state index in [9.17, 15) is 0 Å². The quantitative estimate of drug-likeness (QED) is 0.352. The Morgan fingerprint density at radius 2 is 1.37 bits per heavy atom. The molecule has 0 spiro atoms. The molecule has 1 atom stereocenters. The van der Waals surface area contributed by atoms with Crippen LogP contribution in [0.4, 0.5) is 0 Å². The normalized spacial score (nSPS) is 16.3. The summed E-state index contributed by atoms with van der Waals surface area (Å²) in [5.74, 6) is 2.24. The van der Waals surface area contributed by atoms with Crippen LogP contribution in [0.3, 0.4) is 0 Å². The van der Waals surface area contributed by atoms with E-state index in [2.05, 4.69) is 66.0 Å². The summed E-state index contributed by atoms with van der Waals surface area (Å²) in [6.45, 7) is 0. The smallest absolute Gasteiger partial charge is 0.163 e. The van der Waals surface area contributed by atoms with Gasteiger partial charge in [-0.2, -0.15) is 0 Å². The van der Waals surface area contributed by atoms with E-state index in [-0.39, 0.29) is 5.92 Å². The average Bonchev–Trinajstić information content (AvgIpc) is 2.68. The number of hydrogen-bond donors (Lipinski definition) is 0. The zero-order chi connectivity index (χ0) is 18.8. The maximum atomic E-state index is 4.80. The first kappa shape index (κ1) is 18.7. The Morgan fingerprint density at radius 3 is 1.89 bits per heavy atom. The highest BCUT2D eigenvalue weighted by molar-refractivity contribution is 9.12. The Balaban J connectivity index is 1.87. The van der Waals surface area contributed by atoms with E-state index in [0.717, 1.165) is 36.8 Å². The fourth-order valence-corrected chi connectivity index (χ4v) is 4.20. The van der Waals surface area contributed by atoms with Gasteiger partial charge in [0.05, 0.1) is 0 Å². The summed E-state index contributed by atoms with van der Waals surface area (Å²) in [5, 5.41) is 0. The van der Waals surface area contributed by atoms with Crippen molar-refractivity contribution in [3.63, 3.8) is 0 Å². The zero-order valence-corrected chi connectivity index (χ0v) is 18.9. The molecule has 1 aliphatic carbocycles. The lowest BCUT2D eigenvalue weighted by Crippen LogP contribution is -2.08. The maximum Gasteiger partial charge on any atom is 0.163 e. The van der Waals surface area contributed by atoms with Crippen LogP contribution in [0.15, 0.2) is 80.2 Å². The largest absolute Gasteiger partial charge is 0.212 e. The van der Waals surface area contributed by atoms with Gasteiger partial charge in [0.25, 0.3) is 0 Å². The number of benzene rings is 2. The van der Waals surface area contributed by atoms with Crippen molar-refractivity contribution in [2.24, 2.45) is 0 Å². The minimum Gasteiger partial charge on any atom is -0.212 e. The lowest BCUT2D eigenvalue weighted by molar-refractivity contribution is 0.763. The molecule has 1 aromatic heterocycles. The molecule has 6 heteroatoms. The molecule has 1 aliphatic rings. The molecule has 0 saturated carbocycles. The molecular formula is C21H14Br3N3. The van der Waals surface area contributed by atoms with Crippen LogP contribution >= 0.6 is 47.8 Å². The van der Waals surface area contributed by atoms with Gasteiger partial charge in [0.2, 0.25) is 0 Å². The molecule has 3 aromatic rings. The van der Waals surface area contributed by atoms with Crippen LogP contribution in [0, 0.1) is 0 Å². The molecule has 27 heavy (non-hydrogen) atoms. The van der Waals surface area contributed by atoms with Crippen LogP contribution < -0.4 is 0 Å². The molecule has 2 aromatic carbocycles. The van der Waals surface area contributed by atoms with E-state index in [1.807, 2.05) is 48.5 Å². The topological polar surface area (TPSA) is 38.7 Å². The Morgan fingerprint density at radius 1 is 0.778 bits per heavy atom. The molecule has 0 N–H and O–H groups in total. The van der Waals surface area contributed by atoms with Crippen molar-refractivity contribution in [2.45, 2.75) is 12.3 Å². The number of halogens is 3. The Hall–Kier alpha value is -1.63. The number of allylic oxidation sites excluding steroid dienone is 4. The highest BCUT2D eigenvalue weighted by atomic mass is 79.9. The monoisotopic (exact) mass is 545 g/mol. The predicted octanol–water partition coefficient (Wildman–Crippen LogP) is 7.05. The first-order valence-corrected chi connectivity index (χ1v) is 10.8. The van der Waals surface area contributed by atoms with Gasteiger partial charge in [-0.3, -0.25) is 0 Å². The highest BCUT2D eigenvalue weighted by Gasteiger charge is 2.18. The van der Waals surface area contributed by atoms with Crippen molar-refractivity contribution in [2.75, 3.05) is 0 Å². The summed E-state index contributed by atoms with van der Waals surface area (Å²) in [6.07, 6.45) is 7.21. The SMILES string of the molecule is BrC1=CC(c2nc(-c3cccc(Br)c3)nc(-c3cccc(Br)c3)n2)CC=C1. The third kappa shape index (κ3) is 4.45. The summed E-state index contributed by atoms with van der Waals surface area (Å²) >= 11 is 10.6. The number of hydrogen-bond acceptors (Lipinski definition) is 3. The van der Waals surface area contributed by atoms with E-state index < -0.39 is 0 Å². The molecule has 0 radical (unpaired) electrons. The fourth-order valence-electron chi connectivity index (χ4n) is 2.89. The van der Waals surface area contributed by atoms with Gasteiger partial charge in [-0.25, -0.2) is 15.0 Å². The van der Waals surface area contributed by atoms with Gasteiger partial charge < -0.3 is 0 Å². The molecule has 1 heterocycles. The molecule has 0 fully saturated rings. The molecule has 0 amide bonds. The first-order chi connectivity index (χ1) is 13.1. The molecular weight excluding hydrogens is 534 g/mol. The molecule has 134 valence electrons. The van der Waals surface area contributed by atoms with Gasteiger partial charge in [-0.1, -0.05) is 90.3 Å². The number of rotatable bonds is 3. The highest BCUT2D eigenvalue weighted by Crippen LogP contribution is 2.31. The van der Waals surface area contributed by atoms with E-state index in [1.165, 1.54) is 0 Å². The lowest BCUT2D eigenvalue weighted by atomic mass is 10.00. The van der Waals surface area contributed by atoms with E-state index >= 15 is 0 Å². The van der Waals surface area contributed by atoms with Crippen molar-refractivity contribution in [3.05, 3.63) is 86.0 Å². The van der Waals surface area contributed by atoms with Crippen molar-refractivity contribution < 1.29 is 0 Å². The summed E-state index contributed by atoms with van der Waals surface area (Å²) in [5.41, 5.74) is 1.91. The summed E-state index contributed by atoms with van der Waals surface area (Å²) in [6, 6.07) is 16.0. The first-order valence-electron chi connectivity index (χ1n) is 8.40. The third-order valence-electron chi connectivity index (χ3n) is 4.18. The predicted molar refractivity (Wildman–Crippen MR) is 120 cm³/mol. The number of nitrogens with zero attached hydrogens (tertiary/aromatic N) is 3. The van der Waals surface area contributed by atoms with Crippen molar-refractivity contribution >= 4 is 47.8 Å². The molecule has 3 nitrogen and oxygen atoms in total. The third-order valence-corrected chi connectivity index (χ3v) is 5.69. The fraction of sp³-hybridized carbons (Fsp3) is 0.0952. The summed E-state index contributed by atoms with van der Waals surface area (Å²) in [4.78, 5) is 14.3. The Labute approximate surface area is 183 Å². The molecule has 0 aliphatic heterocycles. The van der Waals surface area contributed by atoms with Crippen molar-refractivity contribution in [1.82, 2.24) is 15.0 Å². The molecule has 1 unspecified atom stereocenters. The minimum atomic E-state index is 0.115. The zero-order valence-electron chi connectivity index (χ0n) is 14.1. The van der Waals surface area contributed by atoms with Gasteiger partial charge in [0.1, 0.15) is 5.82 Å². The van der Waals surface area contributed by atoms with Crippen LogP contribution in [0.25, 0.3) is 22.8 Å². The minimum absolute atomic E-state index is 0.115.